The summed E-state index contributed by atoms with van der Waals surface area (Å²) < 4.78 is 11.3. The van der Waals surface area contributed by atoms with Gasteiger partial charge in [0, 0.05) is 36.4 Å². The van der Waals surface area contributed by atoms with Crippen molar-refractivity contribution in [3.05, 3.63) is 53.1 Å². The first-order valence-corrected chi connectivity index (χ1v) is 12.9. The average Bonchev–Trinajstić information content (AvgIpc) is 2.87. The van der Waals surface area contributed by atoms with E-state index >= 15 is 0 Å². The third-order valence-corrected chi connectivity index (χ3v) is 7.09. The molecule has 1 aliphatic carbocycles. The smallest absolute Gasteiger partial charge is 0.410 e. The van der Waals surface area contributed by atoms with E-state index in [0.717, 1.165) is 35.3 Å². The maximum atomic E-state index is 12.7. The highest BCUT2D eigenvalue weighted by Gasteiger charge is 2.28. The Bertz CT molecular complexity index is 1140. The molecule has 198 valence electrons. The Kier molecular flexibility index (Phi) is 8.53. The molecule has 1 aliphatic heterocycles. The number of ether oxygens (including phenoxy) is 2. The van der Waals surface area contributed by atoms with Gasteiger partial charge in [-0.1, -0.05) is 12.1 Å². The number of nitrogens with one attached hydrogen (secondary N) is 2. The van der Waals surface area contributed by atoms with E-state index in [4.69, 9.17) is 14.6 Å². The highest BCUT2D eigenvalue weighted by Crippen LogP contribution is 2.30. The largest absolute Gasteiger partial charge is 0.494 e. The van der Waals surface area contributed by atoms with Crippen LogP contribution in [0.15, 0.2) is 36.4 Å². The van der Waals surface area contributed by atoms with Crippen molar-refractivity contribution in [1.29, 1.82) is 0 Å². The van der Waals surface area contributed by atoms with E-state index in [1.807, 2.05) is 50.2 Å². The summed E-state index contributed by atoms with van der Waals surface area (Å²) in [4.78, 5) is 38.0. The van der Waals surface area contributed by atoms with Crippen LogP contribution in [0.2, 0.25) is 0 Å². The van der Waals surface area contributed by atoms with Crippen LogP contribution in [0.1, 0.15) is 55.7 Å². The van der Waals surface area contributed by atoms with Crippen molar-refractivity contribution in [3.63, 3.8) is 0 Å². The quantitative estimate of drug-likeness (QED) is 0.449. The van der Waals surface area contributed by atoms with Gasteiger partial charge in [-0.05, 0) is 87.3 Å². The summed E-state index contributed by atoms with van der Waals surface area (Å²) in [5, 5.41) is 14.7. The van der Waals surface area contributed by atoms with Crippen molar-refractivity contribution in [2.45, 2.75) is 65.0 Å². The number of carboxylic acids is 1. The molecule has 2 aromatic carbocycles. The lowest BCUT2D eigenvalue weighted by Crippen LogP contribution is -2.39. The number of fused-ring (bicyclic) bond motifs is 1. The molecule has 0 saturated heterocycles. The molecule has 4 rings (SSSR count). The molecular formula is C28H35N3O6. The number of hydrogen-bond acceptors (Lipinski definition) is 5. The van der Waals surface area contributed by atoms with Crippen LogP contribution in [0.4, 0.5) is 21.0 Å². The van der Waals surface area contributed by atoms with Gasteiger partial charge >= 0.3 is 18.1 Å². The zero-order valence-electron chi connectivity index (χ0n) is 21.4. The molecule has 1 saturated carbocycles. The summed E-state index contributed by atoms with van der Waals surface area (Å²) in [6.07, 6.45) is 3.34. The molecule has 3 N–H and O–H groups in total. The predicted molar refractivity (Wildman–Crippen MR) is 140 cm³/mol. The Balaban J connectivity index is 1.28. The molecule has 9 nitrogen and oxygen atoms in total. The Morgan fingerprint density at radius 2 is 1.84 bits per heavy atom. The molecule has 0 radical (unpaired) electrons. The molecule has 0 atom stereocenters. The van der Waals surface area contributed by atoms with Crippen LogP contribution in [0, 0.1) is 12.8 Å². The van der Waals surface area contributed by atoms with E-state index in [2.05, 4.69) is 10.6 Å². The fraction of sp³-hybridized carbons (Fsp3) is 0.464. The number of amides is 3. The minimum atomic E-state index is -0.770. The first kappa shape index (κ1) is 26.3. The van der Waals surface area contributed by atoms with Crippen molar-refractivity contribution in [2.24, 2.45) is 5.92 Å². The van der Waals surface area contributed by atoms with Crippen LogP contribution in [-0.4, -0.2) is 47.4 Å². The molecule has 3 amide bonds. The van der Waals surface area contributed by atoms with E-state index in [1.165, 1.54) is 0 Å². The molecule has 0 unspecified atom stereocenters. The van der Waals surface area contributed by atoms with E-state index in [1.54, 1.807) is 4.90 Å². The van der Waals surface area contributed by atoms with Gasteiger partial charge in [-0.2, -0.15) is 0 Å². The van der Waals surface area contributed by atoms with E-state index < -0.39 is 5.97 Å². The van der Waals surface area contributed by atoms with Gasteiger partial charge in [0.1, 0.15) is 11.9 Å². The van der Waals surface area contributed by atoms with Crippen molar-refractivity contribution in [1.82, 2.24) is 4.90 Å². The predicted octanol–water partition coefficient (Wildman–Crippen LogP) is 5.57. The molecule has 0 spiro atoms. The van der Waals surface area contributed by atoms with Gasteiger partial charge in [0.05, 0.1) is 6.61 Å². The Morgan fingerprint density at radius 3 is 2.57 bits per heavy atom. The Labute approximate surface area is 217 Å². The molecule has 0 aromatic heterocycles. The number of carbonyl (C=O) groups excluding carboxylic acids is 2. The highest BCUT2D eigenvalue weighted by molar-refractivity contribution is 6.00. The van der Waals surface area contributed by atoms with Gasteiger partial charge in [0.25, 0.3) is 0 Å². The summed E-state index contributed by atoms with van der Waals surface area (Å²) >= 11 is 0. The maximum absolute atomic E-state index is 12.7. The van der Waals surface area contributed by atoms with Crippen LogP contribution in [0.3, 0.4) is 0 Å². The second-order valence-corrected chi connectivity index (χ2v) is 9.72. The summed E-state index contributed by atoms with van der Waals surface area (Å²) in [6, 6.07) is 10.9. The molecule has 2 aromatic rings. The summed E-state index contributed by atoms with van der Waals surface area (Å²) in [5.74, 6) is 0.139. The third-order valence-electron chi connectivity index (χ3n) is 7.09. The molecular weight excluding hydrogens is 474 g/mol. The van der Waals surface area contributed by atoms with Gasteiger partial charge in [-0.3, -0.25) is 4.79 Å². The standard InChI is InChI=1S/C28H35N3O6/c1-3-36-25-6-4-5-24(18(25)2)30-27(34)29-22-10-9-21-17-31(14-13-20(21)16-22)28(35)37-23-11-7-19(8-12-23)15-26(32)33/h4-6,9-10,16,19,23H,3,7-8,11-15,17H2,1-2H3,(H,32,33)(H2,29,30,34). The fourth-order valence-electron chi connectivity index (χ4n) is 5.05. The molecule has 1 heterocycles. The van der Waals surface area contributed by atoms with Crippen LogP contribution in [0.5, 0.6) is 5.75 Å². The SMILES string of the molecule is CCOc1cccc(NC(=O)Nc2ccc3c(c2)CCN(C(=O)OC2CCC(CC(=O)O)CC2)C3)c1C. The summed E-state index contributed by atoms with van der Waals surface area (Å²) in [5.41, 5.74) is 4.35. The second kappa shape index (κ2) is 12.0. The number of nitrogens with zero attached hydrogens (tertiary/aromatic N) is 1. The maximum Gasteiger partial charge on any atom is 0.410 e. The number of benzene rings is 2. The number of rotatable bonds is 7. The lowest BCUT2D eigenvalue weighted by molar-refractivity contribution is -0.138. The zero-order valence-corrected chi connectivity index (χ0v) is 21.4. The fourth-order valence-corrected chi connectivity index (χ4v) is 5.05. The zero-order chi connectivity index (χ0) is 26.4. The van der Waals surface area contributed by atoms with E-state index in [0.29, 0.717) is 50.3 Å². The van der Waals surface area contributed by atoms with Gasteiger partial charge in [0.15, 0.2) is 0 Å². The van der Waals surface area contributed by atoms with Crippen LogP contribution >= 0.6 is 0 Å². The second-order valence-electron chi connectivity index (χ2n) is 9.72. The van der Waals surface area contributed by atoms with Gasteiger partial charge in [-0.15, -0.1) is 0 Å². The Hall–Kier alpha value is -3.75. The number of aliphatic carboxylic acids is 1. The van der Waals surface area contributed by atoms with Crippen LogP contribution in [0.25, 0.3) is 0 Å². The number of hydrogen-bond donors (Lipinski definition) is 3. The summed E-state index contributed by atoms with van der Waals surface area (Å²) in [7, 11) is 0. The first-order chi connectivity index (χ1) is 17.8. The lowest BCUT2D eigenvalue weighted by Gasteiger charge is -2.32. The molecule has 1 fully saturated rings. The van der Waals surface area contributed by atoms with Crippen molar-refractivity contribution >= 4 is 29.5 Å². The minimum absolute atomic E-state index is 0.151. The average molecular weight is 510 g/mol. The first-order valence-electron chi connectivity index (χ1n) is 12.9. The highest BCUT2D eigenvalue weighted by atomic mass is 16.6. The normalized spacial score (nSPS) is 18.9. The van der Waals surface area contributed by atoms with Gasteiger partial charge < -0.3 is 30.1 Å². The topological polar surface area (TPSA) is 117 Å². The lowest BCUT2D eigenvalue weighted by atomic mass is 9.85. The number of carbonyl (C=O) groups is 3. The van der Waals surface area contributed by atoms with E-state index in [9.17, 15) is 14.4 Å². The van der Waals surface area contributed by atoms with E-state index in [-0.39, 0.29) is 30.6 Å². The molecule has 9 heteroatoms. The number of carboxylic acid groups (broad SMARTS) is 1. The van der Waals surface area contributed by atoms with Crippen LogP contribution in [-0.2, 0) is 22.5 Å². The summed E-state index contributed by atoms with van der Waals surface area (Å²) in [6.45, 7) is 5.37. The van der Waals surface area contributed by atoms with Crippen molar-refractivity contribution < 1.29 is 29.0 Å². The number of anilines is 2. The van der Waals surface area contributed by atoms with Gasteiger partial charge in [0.2, 0.25) is 0 Å². The van der Waals surface area contributed by atoms with Crippen molar-refractivity contribution in [2.75, 3.05) is 23.8 Å². The van der Waals surface area contributed by atoms with Gasteiger partial charge in [-0.25, -0.2) is 9.59 Å². The molecule has 2 aliphatic rings. The molecule has 37 heavy (non-hydrogen) atoms. The van der Waals surface area contributed by atoms with Crippen molar-refractivity contribution in [3.8, 4) is 5.75 Å². The number of urea groups is 1. The third kappa shape index (κ3) is 6.93. The van der Waals surface area contributed by atoms with Crippen LogP contribution < -0.4 is 15.4 Å². The molecule has 0 bridgehead atoms. The monoisotopic (exact) mass is 509 g/mol. The minimum Gasteiger partial charge on any atom is -0.494 e. The Morgan fingerprint density at radius 1 is 1.05 bits per heavy atom.